The lowest BCUT2D eigenvalue weighted by Crippen LogP contribution is -2.32. The van der Waals surface area contributed by atoms with Crippen LogP contribution in [0.3, 0.4) is 0 Å². The first-order valence-electron chi connectivity index (χ1n) is 5.88. The molecule has 1 aromatic carbocycles. The summed E-state index contributed by atoms with van der Waals surface area (Å²) in [5.41, 5.74) is -0.442. The number of alkyl halides is 2. The first-order chi connectivity index (χ1) is 8.88. The van der Waals surface area contributed by atoms with Crippen molar-refractivity contribution in [3.05, 3.63) is 35.9 Å². The molecule has 1 unspecified atom stereocenters. The number of benzene rings is 1. The molecule has 0 spiro atoms. The Hall–Kier alpha value is -0.810. The van der Waals surface area contributed by atoms with Gasteiger partial charge in [0.2, 0.25) is 5.85 Å². The number of halogens is 2. The summed E-state index contributed by atoms with van der Waals surface area (Å²) in [6, 6.07) is 6.66. The maximum absolute atomic E-state index is 14.1. The van der Waals surface area contributed by atoms with Gasteiger partial charge in [0.15, 0.2) is 0 Å². The van der Waals surface area contributed by atoms with Crippen LogP contribution in [0.15, 0.2) is 30.3 Å². The molecule has 0 aliphatic rings. The molecule has 0 aliphatic carbocycles. The summed E-state index contributed by atoms with van der Waals surface area (Å²) in [6.45, 7) is 2.77. The van der Waals surface area contributed by atoms with Crippen molar-refractivity contribution in [1.29, 1.82) is 0 Å². The second-order valence-corrected chi connectivity index (χ2v) is 5.82. The summed E-state index contributed by atoms with van der Waals surface area (Å²) in [7, 11) is -4.29. The monoisotopic (exact) mass is 294 g/mol. The molecule has 0 aliphatic heterocycles. The maximum Gasteiger partial charge on any atom is 0.365 e. The van der Waals surface area contributed by atoms with Crippen molar-refractivity contribution in [2.45, 2.75) is 25.6 Å². The molecule has 4 nitrogen and oxygen atoms in total. The fraction of sp³-hybridized carbons (Fsp3) is 0.500. The quantitative estimate of drug-likeness (QED) is 0.783. The van der Waals surface area contributed by atoms with E-state index in [1.807, 2.05) is 0 Å². The van der Waals surface area contributed by atoms with Crippen molar-refractivity contribution < 1.29 is 27.5 Å². The number of aliphatic hydroxyl groups excluding tert-OH is 1. The molecule has 0 saturated carbocycles. The topological polar surface area (TPSA) is 55.8 Å². The molecule has 0 radical (unpaired) electrons. The van der Waals surface area contributed by atoms with E-state index in [1.54, 1.807) is 6.07 Å². The van der Waals surface area contributed by atoms with Crippen LogP contribution in [0.4, 0.5) is 8.78 Å². The molecule has 1 atom stereocenters. The van der Waals surface area contributed by atoms with Crippen LogP contribution in [0.2, 0.25) is 0 Å². The highest BCUT2D eigenvalue weighted by Crippen LogP contribution is 2.58. The molecule has 0 heterocycles. The Balaban J connectivity index is 3.08. The summed E-state index contributed by atoms with van der Waals surface area (Å²) in [5, 5.41) is 9.75. The number of aliphatic hydroxyl groups is 1. The van der Waals surface area contributed by atoms with Gasteiger partial charge in [-0.2, -0.15) is 8.78 Å². The zero-order valence-electron chi connectivity index (χ0n) is 10.8. The first-order valence-corrected chi connectivity index (χ1v) is 7.49. The Morgan fingerprint density at radius 1 is 1.21 bits per heavy atom. The van der Waals surface area contributed by atoms with E-state index < -0.39 is 24.9 Å². The Morgan fingerprint density at radius 3 is 2.11 bits per heavy atom. The lowest BCUT2D eigenvalue weighted by molar-refractivity contribution is -0.0893. The van der Waals surface area contributed by atoms with Crippen molar-refractivity contribution in [2.75, 3.05) is 13.2 Å². The molecule has 19 heavy (non-hydrogen) atoms. The molecule has 0 aromatic heterocycles. The molecule has 0 fully saturated rings. The molecule has 108 valence electrons. The van der Waals surface area contributed by atoms with Gasteiger partial charge in [0, 0.05) is 5.56 Å². The van der Waals surface area contributed by atoms with Gasteiger partial charge in [0.25, 0.3) is 0 Å². The van der Waals surface area contributed by atoms with Crippen LogP contribution in [0.1, 0.15) is 19.4 Å². The van der Waals surface area contributed by atoms with Crippen LogP contribution < -0.4 is 0 Å². The molecular formula is C12H17F2O4P. The second-order valence-electron chi connectivity index (χ2n) is 3.74. The van der Waals surface area contributed by atoms with Gasteiger partial charge < -0.3 is 14.2 Å². The van der Waals surface area contributed by atoms with Crippen LogP contribution in [-0.4, -0.2) is 24.2 Å². The highest BCUT2D eigenvalue weighted by molar-refractivity contribution is 7.54. The Bertz CT molecular complexity index is 429. The molecule has 0 bridgehead atoms. The van der Waals surface area contributed by atoms with E-state index in [1.165, 1.54) is 26.0 Å². The van der Waals surface area contributed by atoms with E-state index in [-0.39, 0.29) is 13.2 Å². The van der Waals surface area contributed by atoms with Gasteiger partial charge in [-0.15, -0.1) is 0 Å². The third-order valence-electron chi connectivity index (χ3n) is 2.40. The van der Waals surface area contributed by atoms with E-state index in [0.29, 0.717) is 0 Å². The van der Waals surface area contributed by atoms with Crippen LogP contribution in [-0.2, 0) is 19.5 Å². The Labute approximate surface area is 110 Å². The average molecular weight is 294 g/mol. The molecule has 1 aromatic rings. The molecule has 0 amide bonds. The smallest absolute Gasteiger partial charge is 0.365 e. The van der Waals surface area contributed by atoms with Crippen LogP contribution in [0.25, 0.3) is 0 Å². The van der Waals surface area contributed by atoms with E-state index >= 15 is 0 Å². The van der Waals surface area contributed by atoms with E-state index in [2.05, 4.69) is 0 Å². The van der Waals surface area contributed by atoms with E-state index in [4.69, 9.17) is 9.05 Å². The molecule has 7 heteroatoms. The van der Waals surface area contributed by atoms with Crippen molar-refractivity contribution in [3.8, 4) is 0 Å². The van der Waals surface area contributed by atoms with E-state index in [0.717, 1.165) is 12.1 Å². The van der Waals surface area contributed by atoms with Gasteiger partial charge in [-0.05, 0) is 13.8 Å². The minimum atomic E-state index is -4.29. The molecule has 1 N–H and O–H groups in total. The summed E-state index contributed by atoms with van der Waals surface area (Å²) >= 11 is 0. The van der Waals surface area contributed by atoms with Gasteiger partial charge in [0.05, 0.1) is 13.2 Å². The van der Waals surface area contributed by atoms with Crippen LogP contribution in [0, 0.1) is 0 Å². The number of rotatable bonds is 7. The maximum atomic E-state index is 14.1. The summed E-state index contributed by atoms with van der Waals surface area (Å²) in [6.07, 6.45) is 0. The minimum Gasteiger partial charge on any atom is -0.375 e. The Morgan fingerprint density at radius 2 is 1.68 bits per heavy atom. The van der Waals surface area contributed by atoms with Crippen molar-refractivity contribution in [2.24, 2.45) is 0 Å². The minimum absolute atomic E-state index is 0.0980. The number of hydrogen-bond acceptors (Lipinski definition) is 4. The normalized spacial score (nSPS) is 14.4. The first kappa shape index (κ1) is 16.2. The van der Waals surface area contributed by atoms with Gasteiger partial charge in [-0.3, -0.25) is 4.57 Å². The van der Waals surface area contributed by atoms with Crippen molar-refractivity contribution >= 4 is 7.60 Å². The average Bonchev–Trinajstić information content (AvgIpc) is 2.39. The lowest BCUT2D eigenvalue weighted by atomic mass is 10.1. The highest BCUT2D eigenvalue weighted by atomic mass is 31.2. The zero-order chi connectivity index (χ0) is 14.5. The van der Waals surface area contributed by atoms with Gasteiger partial charge >= 0.3 is 13.5 Å². The van der Waals surface area contributed by atoms with Crippen molar-refractivity contribution in [1.82, 2.24) is 0 Å². The second kappa shape index (κ2) is 6.57. The summed E-state index contributed by atoms with van der Waals surface area (Å²) in [5.74, 6) is -6.26. The molecular weight excluding hydrogens is 277 g/mol. The fourth-order valence-corrected chi connectivity index (χ4v) is 3.17. The third-order valence-corrected chi connectivity index (χ3v) is 4.56. The van der Waals surface area contributed by atoms with Crippen LogP contribution >= 0.6 is 7.60 Å². The van der Waals surface area contributed by atoms with Crippen LogP contribution in [0.5, 0.6) is 0 Å². The lowest BCUT2D eigenvalue weighted by Gasteiger charge is -2.28. The fourth-order valence-electron chi connectivity index (χ4n) is 1.55. The van der Waals surface area contributed by atoms with Gasteiger partial charge in [-0.1, -0.05) is 30.3 Å². The standard InChI is InChI=1S/C12H17F2O4P/c1-3-17-19(16,18-4-2)11(15)12(13,14)10-8-6-5-7-9-10/h5-9,11,15H,3-4H2,1-2H3. The zero-order valence-corrected chi connectivity index (χ0v) is 11.6. The van der Waals surface area contributed by atoms with Crippen molar-refractivity contribution in [3.63, 3.8) is 0 Å². The predicted molar refractivity (Wildman–Crippen MR) is 67.2 cm³/mol. The summed E-state index contributed by atoms with van der Waals surface area (Å²) < 4.78 is 49.9. The molecule has 0 saturated heterocycles. The molecule has 1 rings (SSSR count). The number of hydrogen-bond donors (Lipinski definition) is 1. The Kier molecular flexibility index (Phi) is 5.62. The van der Waals surface area contributed by atoms with Gasteiger partial charge in [0.1, 0.15) is 0 Å². The van der Waals surface area contributed by atoms with Gasteiger partial charge in [-0.25, -0.2) is 0 Å². The highest BCUT2D eigenvalue weighted by Gasteiger charge is 2.53. The van der Waals surface area contributed by atoms with E-state index in [9.17, 15) is 18.5 Å². The predicted octanol–water partition coefficient (Wildman–Crippen LogP) is 3.36. The SMILES string of the molecule is CCOP(=O)(OCC)C(O)C(F)(F)c1ccccc1. The summed E-state index contributed by atoms with van der Waals surface area (Å²) in [4.78, 5) is 0. The largest absolute Gasteiger partial charge is 0.375 e. The third kappa shape index (κ3) is 3.60.